The zero-order valence-corrected chi connectivity index (χ0v) is 19.4. The van der Waals surface area contributed by atoms with Gasteiger partial charge in [0, 0.05) is 27.9 Å². The van der Waals surface area contributed by atoms with Crippen LogP contribution in [0.3, 0.4) is 0 Å². The molecule has 0 aliphatic carbocycles. The van der Waals surface area contributed by atoms with Crippen LogP contribution < -0.4 is 0 Å². The van der Waals surface area contributed by atoms with Crippen LogP contribution in [0, 0.1) is 0 Å². The first-order chi connectivity index (χ1) is 16.6. The molecule has 0 radical (unpaired) electrons. The lowest BCUT2D eigenvalue weighted by atomic mass is 10.1. The number of para-hydroxylation sites is 1. The van der Waals surface area contributed by atoms with Gasteiger partial charge in [0.2, 0.25) is 5.78 Å². The number of ketones is 1. The molecule has 5 aromatic rings. The molecule has 0 atom stereocenters. The van der Waals surface area contributed by atoms with Crippen molar-refractivity contribution in [1.82, 2.24) is 9.78 Å². The average Bonchev–Trinajstić information content (AvgIpc) is 3.52. The Labute approximate surface area is 206 Å². The molecule has 0 fully saturated rings. The molecule has 3 aromatic carbocycles. The van der Waals surface area contributed by atoms with Crippen molar-refractivity contribution < 1.29 is 9.21 Å². The minimum Gasteiger partial charge on any atom is -0.453 e. The minimum absolute atomic E-state index is 0.231. The van der Waals surface area contributed by atoms with Gasteiger partial charge in [-0.05, 0) is 60.7 Å². The molecule has 0 saturated carbocycles. The van der Waals surface area contributed by atoms with Gasteiger partial charge in [0.25, 0.3) is 0 Å². The molecule has 166 valence electrons. The number of carbonyl (C=O) groups excluding carboxylic acids is 1. The first-order valence-corrected chi connectivity index (χ1v) is 11.3. The molecule has 2 heterocycles. The van der Waals surface area contributed by atoms with Gasteiger partial charge in [-0.25, -0.2) is 4.68 Å². The molecule has 34 heavy (non-hydrogen) atoms. The van der Waals surface area contributed by atoms with Crippen molar-refractivity contribution in [3.8, 4) is 28.3 Å². The van der Waals surface area contributed by atoms with Gasteiger partial charge in [-0.2, -0.15) is 5.10 Å². The van der Waals surface area contributed by atoms with Crippen molar-refractivity contribution in [3.63, 3.8) is 0 Å². The highest BCUT2D eigenvalue weighted by atomic mass is 35.5. The number of furan rings is 1. The van der Waals surface area contributed by atoms with Gasteiger partial charge in [0.15, 0.2) is 5.76 Å². The second-order valence-electron chi connectivity index (χ2n) is 7.56. The SMILES string of the molecule is O=C(C=Cc1cn(-c2ccccc2)nc1-c1ccc(Cl)cc1)c1ccc(-c2ccccc2Cl)o1. The molecule has 0 aliphatic heterocycles. The van der Waals surface area contributed by atoms with Crippen molar-refractivity contribution in [2.45, 2.75) is 0 Å². The largest absolute Gasteiger partial charge is 0.453 e. The van der Waals surface area contributed by atoms with Crippen molar-refractivity contribution in [1.29, 1.82) is 0 Å². The van der Waals surface area contributed by atoms with E-state index in [4.69, 9.17) is 32.7 Å². The summed E-state index contributed by atoms with van der Waals surface area (Å²) in [6.07, 6.45) is 5.12. The topological polar surface area (TPSA) is 48.0 Å². The van der Waals surface area contributed by atoms with Crippen LogP contribution in [0.15, 0.2) is 108 Å². The zero-order valence-electron chi connectivity index (χ0n) is 17.9. The number of rotatable bonds is 6. The van der Waals surface area contributed by atoms with Gasteiger partial charge in [0.05, 0.1) is 16.4 Å². The standard InChI is InChI=1S/C28H18Cl2N2O2/c29-21-13-10-19(11-14-21)28-20(18-32(31-28)22-6-2-1-3-7-22)12-15-25(33)27-17-16-26(34-27)23-8-4-5-9-24(23)30/h1-18H. The number of carbonyl (C=O) groups is 1. The predicted octanol–water partition coefficient (Wildman–Crippen LogP) is 8.00. The van der Waals surface area contributed by atoms with E-state index in [0.29, 0.717) is 15.8 Å². The van der Waals surface area contributed by atoms with Gasteiger partial charge in [-0.1, -0.05) is 65.7 Å². The highest BCUT2D eigenvalue weighted by molar-refractivity contribution is 6.33. The van der Waals surface area contributed by atoms with Gasteiger partial charge in [0.1, 0.15) is 5.76 Å². The third-order valence-electron chi connectivity index (χ3n) is 5.28. The maximum Gasteiger partial charge on any atom is 0.221 e. The Hall–Kier alpha value is -3.86. The molecule has 0 saturated heterocycles. The van der Waals surface area contributed by atoms with Gasteiger partial charge >= 0.3 is 0 Å². The molecule has 0 bridgehead atoms. The van der Waals surface area contributed by atoms with Crippen LogP contribution in [-0.4, -0.2) is 15.6 Å². The molecule has 0 aliphatic rings. The molecular formula is C28H18Cl2N2O2. The third kappa shape index (κ3) is 4.60. The lowest BCUT2D eigenvalue weighted by Crippen LogP contribution is -1.93. The third-order valence-corrected chi connectivity index (χ3v) is 5.86. The molecule has 6 heteroatoms. The van der Waals surface area contributed by atoms with Gasteiger partial charge in [-0.3, -0.25) is 4.79 Å². The highest BCUT2D eigenvalue weighted by Gasteiger charge is 2.14. The van der Waals surface area contributed by atoms with E-state index in [0.717, 1.165) is 28.1 Å². The molecular weight excluding hydrogens is 467 g/mol. The summed E-state index contributed by atoms with van der Waals surface area (Å²) in [5.74, 6) is 0.517. The van der Waals surface area contributed by atoms with Crippen LogP contribution in [0.4, 0.5) is 0 Å². The van der Waals surface area contributed by atoms with Crippen molar-refractivity contribution >= 4 is 35.1 Å². The Morgan fingerprint density at radius 1 is 0.853 bits per heavy atom. The minimum atomic E-state index is -0.257. The quantitative estimate of drug-likeness (QED) is 0.181. The van der Waals surface area contributed by atoms with E-state index in [1.54, 1.807) is 29.0 Å². The van der Waals surface area contributed by atoms with Gasteiger partial charge in [-0.15, -0.1) is 0 Å². The number of nitrogens with zero attached hydrogens (tertiary/aromatic N) is 2. The molecule has 0 spiro atoms. The fourth-order valence-corrected chi connectivity index (χ4v) is 3.93. The summed E-state index contributed by atoms with van der Waals surface area (Å²) in [6.45, 7) is 0. The normalized spacial score (nSPS) is 11.2. The lowest BCUT2D eigenvalue weighted by molar-refractivity contribution is 0.102. The number of benzene rings is 3. The summed E-state index contributed by atoms with van der Waals surface area (Å²) < 4.78 is 7.57. The van der Waals surface area contributed by atoms with E-state index >= 15 is 0 Å². The van der Waals surface area contributed by atoms with E-state index in [1.807, 2.05) is 79.0 Å². The molecule has 2 aromatic heterocycles. The smallest absolute Gasteiger partial charge is 0.221 e. The van der Waals surface area contributed by atoms with E-state index < -0.39 is 0 Å². The van der Waals surface area contributed by atoms with E-state index in [-0.39, 0.29) is 11.5 Å². The van der Waals surface area contributed by atoms with Crippen molar-refractivity contribution in [2.75, 3.05) is 0 Å². The summed E-state index contributed by atoms with van der Waals surface area (Å²) in [4.78, 5) is 12.9. The van der Waals surface area contributed by atoms with E-state index in [9.17, 15) is 4.79 Å². The predicted molar refractivity (Wildman–Crippen MR) is 137 cm³/mol. The molecule has 4 nitrogen and oxygen atoms in total. The summed E-state index contributed by atoms with van der Waals surface area (Å²) in [5.41, 5.74) is 4.07. The number of halogens is 2. The van der Waals surface area contributed by atoms with Crippen LogP contribution in [0.5, 0.6) is 0 Å². The van der Waals surface area contributed by atoms with E-state index in [1.165, 1.54) is 6.08 Å². The van der Waals surface area contributed by atoms with Crippen LogP contribution in [-0.2, 0) is 0 Å². The fraction of sp³-hybridized carbons (Fsp3) is 0. The Morgan fingerprint density at radius 3 is 2.35 bits per heavy atom. The first kappa shape index (κ1) is 22.0. The van der Waals surface area contributed by atoms with Crippen LogP contribution in [0.1, 0.15) is 16.1 Å². The molecule has 0 N–H and O–H groups in total. The fourth-order valence-electron chi connectivity index (χ4n) is 3.58. The number of hydrogen-bond acceptors (Lipinski definition) is 3. The lowest BCUT2D eigenvalue weighted by Gasteiger charge is -2.00. The summed E-state index contributed by atoms with van der Waals surface area (Å²) in [7, 11) is 0. The summed E-state index contributed by atoms with van der Waals surface area (Å²) in [6, 6.07) is 28.0. The summed E-state index contributed by atoms with van der Waals surface area (Å²) >= 11 is 12.3. The first-order valence-electron chi connectivity index (χ1n) is 10.6. The monoisotopic (exact) mass is 484 g/mol. The Balaban J connectivity index is 1.47. The highest BCUT2D eigenvalue weighted by Crippen LogP contribution is 2.30. The number of aromatic nitrogens is 2. The Kier molecular flexibility index (Phi) is 6.17. The maximum absolute atomic E-state index is 12.9. The number of allylic oxidation sites excluding steroid dienone is 1. The van der Waals surface area contributed by atoms with Crippen LogP contribution in [0.2, 0.25) is 10.0 Å². The maximum atomic E-state index is 12.9. The second-order valence-corrected chi connectivity index (χ2v) is 8.41. The molecule has 5 rings (SSSR count). The van der Waals surface area contributed by atoms with Crippen molar-refractivity contribution in [2.24, 2.45) is 0 Å². The Morgan fingerprint density at radius 2 is 1.59 bits per heavy atom. The van der Waals surface area contributed by atoms with Crippen LogP contribution in [0.25, 0.3) is 34.3 Å². The Bertz CT molecular complexity index is 1480. The molecule has 0 amide bonds. The zero-order chi connectivity index (χ0) is 23.5. The second kappa shape index (κ2) is 9.56. The average molecular weight is 485 g/mol. The van der Waals surface area contributed by atoms with Gasteiger partial charge < -0.3 is 4.42 Å². The number of hydrogen-bond donors (Lipinski definition) is 0. The molecule has 0 unspecified atom stereocenters. The van der Waals surface area contributed by atoms with Crippen LogP contribution >= 0.6 is 23.2 Å². The van der Waals surface area contributed by atoms with E-state index in [2.05, 4.69) is 0 Å². The summed E-state index contributed by atoms with van der Waals surface area (Å²) in [5, 5.41) is 5.96. The van der Waals surface area contributed by atoms with Crippen molar-refractivity contribution in [3.05, 3.63) is 125 Å².